The summed E-state index contributed by atoms with van der Waals surface area (Å²) in [4.78, 5) is 15.7. The molecule has 0 unspecified atom stereocenters. The van der Waals surface area contributed by atoms with Crippen molar-refractivity contribution in [3.8, 4) is 11.3 Å². The van der Waals surface area contributed by atoms with E-state index in [-0.39, 0.29) is 5.56 Å². The fraction of sp³-hybridized carbons (Fsp3) is 0. The van der Waals surface area contributed by atoms with Crippen molar-refractivity contribution >= 4 is 22.6 Å². The molecule has 21 heavy (non-hydrogen) atoms. The van der Waals surface area contributed by atoms with E-state index in [1.807, 2.05) is 0 Å². The molecule has 104 valence electrons. The monoisotopic (exact) mass is 282 g/mol. The maximum absolute atomic E-state index is 13.4. The van der Waals surface area contributed by atoms with Crippen molar-refractivity contribution in [2.45, 2.75) is 0 Å². The van der Waals surface area contributed by atoms with Gasteiger partial charge in [-0.3, -0.25) is 0 Å². The Bertz CT molecular complexity index is 845. The van der Waals surface area contributed by atoms with Gasteiger partial charge in [-0.15, -0.1) is 0 Å². The van der Waals surface area contributed by atoms with Gasteiger partial charge in [-0.1, -0.05) is 12.1 Å². The number of carbonyl (C=O) groups is 1. The second-order valence-corrected chi connectivity index (χ2v) is 4.64. The lowest BCUT2D eigenvalue weighted by Gasteiger charge is -2.07. The van der Waals surface area contributed by atoms with Crippen LogP contribution in [-0.4, -0.2) is 16.1 Å². The number of carboxylic acids is 1. The zero-order valence-electron chi connectivity index (χ0n) is 10.9. The fourth-order valence-corrected chi connectivity index (χ4v) is 2.18. The number of hydrogen-bond acceptors (Lipinski definition) is 3. The number of hydrogen-bond donors (Lipinski definition) is 2. The molecule has 0 spiro atoms. The van der Waals surface area contributed by atoms with Gasteiger partial charge in [0.1, 0.15) is 5.82 Å². The summed E-state index contributed by atoms with van der Waals surface area (Å²) in [5, 5.41) is 9.73. The van der Waals surface area contributed by atoms with Crippen molar-refractivity contribution in [2.75, 3.05) is 5.73 Å². The third kappa shape index (κ3) is 2.41. The van der Waals surface area contributed by atoms with Crippen LogP contribution < -0.4 is 5.73 Å². The largest absolute Gasteiger partial charge is 0.478 e. The molecule has 0 bridgehead atoms. The first-order valence-corrected chi connectivity index (χ1v) is 6.24. The Hall–Kier alpha value is -2.95. The first-order chi connectivity index (χ1) is 10.0. The van der Waals surface area contributed by atoms with E-state index < -0.39 is 11.8 Å². The Morgan fingerprint density at radius 2 is 1.81 bits per heavy atom. The summed E-state index contributed by atoms with van der Waals surface area (Å²) in [7, 11) is 0. The van der Waals surface area contributed by atoms with Crippen LogP contribution in [0.25, 0.3) is 22.2 Å². The average molecular weight is 282 g/mol. The van der Waals surface area contributed by atoms with Crippen LogP contribution in [0.15, 0.2) is 48.5 Å². The maximum Gasteiger partial charge on any atom is 0.336 e. The number of pyridine rings is 1. The lowest BCUT2D eigenvalue weighted by atomic mass is 10.0. The first-order valence-electron chi connectivity index (χ1n) is 6.24. The summed E-state index contributed by atoms with van der Waals surface area (Å²) in [5.41, 5.74) is 7.81. The Morgan fingerprint density at radius 1 is 1.10 bits per heavy atom. The van der Waals surface area contributed by atoms with Crippen molar-refractivity contribution in [3.05, 3.63) is 59.9 Å². The SMILES string of the molecule is Nc1ccc(-c2cc(C(=O)O)c3ccc(F)cc3n2)cc1. The summed E-state index contributed by atoms with van der Waals surface area (Å²) in [6, 6.07) is 12.2. The number of aromatic carboxylic acids is 1. The van der Waals surface area contributed by atoms with Gasteiger partial charge in [-0.25, -0.2) is 14.2 Å². The lowest BCUT2D eigenvalue weighted by Crippen LogP contribution is -2.00. The second-order valence-electron chi connectivity index (χ2n) is 4.64. The number of anilines is 1. The van der Waals surface area contributed by atoms with Crippen molar-refractivity contribution in [1.29, 1.82) is 0 Å². The number of rotatable bonds is 2. The molecule has 0 radical (unpaired) electrons. The summed E-state index contributed by atoms with van der Waals surface area (Å²) < 4.78 is 13.4. The Kier molecular flexibility index (Phi) is 3.02. The van der Waals surface area contributed by atoms with E-state index in [9.17, 15) is 14.3 Å². The number of fused-ring (bicyclic) bond motifs is 1. The van der Waals surface area contributed by atoms with Crippen LogP contribution in [0.5, 0.6) is 0 Å². The second kappa shape index (κ2) is 4.86. The molecule has 0 aliphatic heterocycles. The van der Waals surface area contributed by atoms with Crippen LogP contribution in [0.3, 0.4) is 0 Å². The Balaban J connectivity index is 2.29. The van der Waals surface area contributed by atoms with Crippen molar-refractivity contribution < 1.29 is 14.3 Å². The minimum atomic E-state index is -1.08. The first kappa shape index (κ1) is 13.1. The van der Waals surface area contributed by atoms with E-state index in [0.29, 0.717) is 22.3 Å². The summed E-state index contributed by atoms with van der Waals surface area (Å²) in [5.74, 6) is -1.54. The van der Waals surface area contributed by atoms with Crippen molar-refractivity contribution in [3.63, 3.8) is 0 Å². The molecule has 0 atom stereocenters. The van der Waals surface area contributed by atoms with E-state index in [1.54, 1.807) is 24.3 Å². The summed E-state index contributed by atoms with van der Waals surface area (Å²) >= 11 is 0. The third-order valence-corrected chi connectivity index (χ3v) is 3.21. The van der Waals surface area contributed by atoms with Gasteiger partial charge >= 0.3 is 5.97 Å². The zero-order valence-corrected chi connectivity index (χ0v) is 10.9. The van der Waals surface area contributed by atoms with Crippen LogP contribution in [0.4, 0.5) is 10.1 Å². The van der Waals surface area contributed by atoms with Gasteiger partial charge in [0.2, 0.25) is 0 Å². The average Bonchev–Trinajstić information content (AvgIpc) is 2.46. The molecule has 1 heterocycles. The molecule has 5 heteroatoms. The fourth-order valence-electron chi connectivity index (χ4n) is 2.18. The van der Waals surface area contributed by atoms with Gasteiger partial charge in [0.25, 0.3) is 0 Å². The minimum absolute atomic E-state index is 0.0897. The number of carboxylic acid groups (broad SMARTS) is 1. The van der Waals surface area contributed by atoms with Gasteiger partial charge in [0.05, 0.1) is 16.8 Å². The van der Waals surface area contributed by atoms with E-state index in [4.69, 9.17) is 5.73 Å². The normalized spacial score (nSPS) is 10.7. The predicted molar refractivity (Wildman–Crippen MR) is 78.5 cm³/mol. The van der Waals surface area contributed by atoms with E-state index in [2.05, 4.69) is 4.98 Å². The molecular formula is C16H11FN2O2. The molecule has 4 nitrogen and oxygen atoms in total. The highest BCUT2D eigenvalue weighted by molar-refractivity contribution is 6.03. The molecule has 3 rings (SSSR count). The van der Waals surface area contributed by atoms with Crippen LogP contribution in [-0.2, 0) is 0 Å². The highest BCUT2D eigenvalue weighted by Crippen LogP contribution is 2.26. The number of halogens is 1. The zero-order chi connectivity index (χ0) is 15.0. The molecule has 1 aromatic heterocycles. The Morgan fingerprint density at radius 3 is 2.48 bits per heavy atom. The highest BCUT2D eigenvalue weighted by atomic mass is 19.1. The number of aromatic nitrogens is 1. The summed E-state index contributed by atoms with van der Waals surface area (Å²) in [6.07, 6.45) is 0. The number of nitrogens with two attached hydrogens (primary N) is 1. The van der Waals surface area contributed by atoms with Gasteiger partial charge in [0.15, 0.2) is 0 Å². The van der Waals surface area contributed by atoms with Crippen LogP contribution in [0.2, 0.25) is 0 Å². The van der Waals surface area contributed by atoms with Crippen molar-refractivity contribution in [1.82, 2.24) is 4.98 Å². The molecule has 0 fully saturated rings. The highest BCUT2D eigenvalue weighted by Gasteiger charge is 2.13. The number of nitrogens with zero attached hydrogens (tertiary/aromatic N) is 1. The van der Waals surface area contributed by atoms with Crippen LogP contribution >= 0.6 is 0 Å². The van der Waals surface area contributed by atoms with E-state index in [0.717, 1.165) is 5.56 Å². The molecular weight excluding hydrogens is 271 g/mol. The molecule has 0 amide bonds. The van der Waals surface area contributed by atoms with Gasteiger partial charge in [0, 0.05) is 22.7 Å². The lowest BCUT2D eigenvalue weighted by molar-refractivity contribution is 0.0699. The van der Waals surface area contributed by atoms with E-state index >= 15 is 0 Å². The molecule has 2 aromatic carbocycles. The Labute approximate surface area is 119 Å². The molecule has 0 saturated heterocycles. The summed E-state index contributed by atoms with van der Waals surface area (Å²) in [6.45, 7) is 0. The number of benzene rings is 2. The molecule has 3 N–H and O–H groups in total. The number of nitrogen functional groups attached to an aromatic ring is 1. The third-order valence-electron chi connectivity index (χ3n) is 3.21. The van der Waals surface area contributed by atoms with Crippen LogP contribution in [0.1, 0.15) is 10.4 Å². The topological polar surface area (TPSA) is 76.2 Å². The molecule has 0 aliphatic carbocycles. The minimum Gasteiger partial charge on any atom is -0.478 e. The quantitative estimate of drug-likeness (QED) is 0.707. The molecule has 3 aromatic rings. The van der Waals surface area contributed by atoms with Gasteiger partial charge in [-0.05, 0) is 30.3 Å². The smallest absolute Gasteiger partial charge is 0.336 e. The molecule has 0 aliphatic rings. The van der Waals surface area contributed by atoms with E-state index in [1.165, 1.54) is 24.3 Å². The standard InChI is InChI=1S/C16H11FN2O2/c17-10-3-6-12-13(16(20)21)8-14(19-15(12)7-10)9-1-4-11(18)5-2-9/h1-8H,18H2,(H,20,21). The van der Waals surface area contributed by atoms with Crippen LogP contribution in [0, 0.1) is 5.82 Å². The van der Waals surface area contributed by atoms with Gasteiger partial charge < -0.3 is 10.8 Å². The van der Waals surface area contributed by atoms with Gasteiger partial charge in [-0.2, -0.15) is 0 Å². The molecule has 0 saturated carbocycles. The maximum atomic E-state index is 13.4. The predicted octanol–water partition coefficient (Wildman–Crippen LogP) is 3.32. The van der Waals surface area contributed by atoms with Crippen molar-refractivity contribution in [2.24, 2.45) is 0 Å².